The quantitative estimate of drug-likeness (QED) is 0.332. The Bertz CT molecular complexity index is 1150. The number of phenols is 1. The number of esters is 1. The van der Waals surface area contributed by atoms with Crippen LogP contribution < -0.4 is 14.2 Å². The molecule has 1 atom stereocenters. The zero-order chi connectivity index (χ0) is 22.7. The van der Waals surface area contributed by atoms with Gasteiger partial charge in [0, 0.05) is 17.9 Å². The fourth-order valence-electron chi connectivity index (χ4n) is 3.96. The van der Waals surface area contributed by atoms with Crippen LogP contribution >= 0.6 is 0 Å². The van der Waals surface area contributed by atoms with E-state index in [9.17, 15) is 14.7 Å². The lowest BCUT2D eigenvalue weighted by Crippen LogP contribution is -2.21. The van der Waals surface area contributed by atoms with Crippen molar-refractivity contribution in [2.75, 3.05) is 13.7 Å². The van der Waals surface area contributed by atoms with Gasteiger partial charge < -0.3 is 19.3 Å². The van der Waals surface area contributed by atoms with Gasteiger partial charge in [-0.2, -0.15) is 0 Å². The van der Waals surface area contributed by atoms with E-state index in [1.165, 1.54) is 18.6 Å². The molecule has 0 saturated heterocycles. The second kappa shape index (κ2) is 9.14. The molecule has 0 radical (unpaired) electrons. The highest BCUT2D eigenvalue weighted by Gasteiger charge is 2.33. The first-order valence-electron chi connectivity index (χ1n) is 10.4. The van der Waals surface area contributed by atoms with Crippen LogP contribution in [0.2, 0.25) is 0 Å². The Balaban J connectivity index is 1.62. The first-order valence-corrected chi connectivity index (χ1v) is 10.4. The second-order valence-corrected chi connectivity index (χ2v) is 7.65. The summed E-state index contributed by atoms with van der Waals surface area (Å²) in [5.74, 6) is 0.0782. The van der Waals surface area contributed by atoms with Crippen LogP contribution in [0.1, 0.15) is 46.3 Å². The van der Waals surface area contributed by atoms with E-state index < -0.39 is 11.9 Å². The first kappa shape index (κ1) is 21.4. The van der Waals surface area contributed by atoms with Crippen molar-refractivity contribution < 1.29 is 28.9 Å². The number of benzene rings is 3. The minimum absolute atomic E-state index is 0.0410. The molecular weight excluding hydrogens is 408 g/mol. The van der Waals surface area contributed by atoms with Crippen molar-refractivity contribution in [2.24, 2.45) is 0 Å². The lowest BCUT2D eigenvalue weighted by molar-refractivity contribution is -0.135. The van der Waals surface area contributed by atoms with Gasteiger partial charge in [0.15, 0.2) is 17.3 Å². The average molecular weight is 432 g/mol. The second-order valence-electron chi connectivity index (χ2n) is 7.65. The molecule has 164 valence electrons. The minimum Gasteiger partial charge on any atom is -0.507 e. The summed E-state index contributed by atoms with van der Waals surface area (Å²) in [5, 5.41) is 10.8. The SMILES string of the molecule is COc1cc([C@H]2CC(=O)Oc3ccc(C(C)=O)c(O)c32)ccc1OCCc1ccccc1. The van der Waals surface area contributed by atoms with Gasteiger partial charge in [-0.3, -0.25) is 9.59 Å². The predicted molar refractivity (Wildman–Crippen MR) is 119 cm³/mol. The first-order chi connectivity index (χ1) is 15.5. The van der Waals surface area contributed by atoms with Gasteiger partial charge in [-0.25, -0.2) is 0 Å². The number of hydrogen-bond acceptors (Lipinski definition) is 6. The third-order valence-corrected chi connectivity index (χ3v) is 5.58. The van der Waals surface area contributed by atoms with E-state index in [1.807, 2.05) is 36.4 Å². The molecule has 6 heteroatoms. The Morgan fingerprint density at radius 3 is 2.59 bits per heavy atom. The number of fused-ring (bicyclic) bond motifs is 1. The summed E-state index contributed by atoms with van der Waals surface area (Å²) >= 11 is 0. The van der Waals surface area contributed by atoms with E-state index in [2.05, 4.69) is 0 Å². The van der Waals surface area contributed by atoms with Crippen molar-refractivity contribution >= 4 is 11.8 Å². The molecule has 1 aliphatic rings. The number of ketones is 1. The highest BCUT2D eigenvalue weighted by atomic mass is 16.5. The molecule has 32 heavy (non-hydrogen) atoms. The van der Waals surface area contributed by atoms with Gasteiger partial charge in [0.1, 0.15) is 11.5 Å². The standard InChI is InChI=1S/C26H24O6/c1-16(27)19-9-11-22-25(26(19)29)20(15-24(28)32-22)18-8-10-21(23(14-18)30-2)31-13-12-17-6-4-3-5-7-17/h3-11,14,20,29H,12-13,15H2,1-2H3/t20-/m1/s1. The Hall–Kier alpha value is -3.80. The number of rotatable bonds is 7. The number of hydrogen-bond donors (Lipinski definition) is 1. The largest absolute Gasteiger partial charge is 0.507 e. The Morgan fingerprint density at radius 1 is 1.09 bits per heavy atom. The predicted octanol–water partition coefficient (Wildman–Crippen LogP) is 4.67. The lowest BCUT2D eigenvalue weighted by atomic mass is 9.84. The van der Waals surface area contributed by atoms with Gasteiger partial charge >= 0.3 is 5.97 Å². The van der Waals surface area contributed by atoms with Crippen molar-refractivity contribution in [3.05, 3.63) is 82.9 Å². The zero-order valence-corrected chi connectivity index (χ0v) is 18.0. The number of carbonyl (C=O) groups excluding carboxylic acids is 2. The highest BCUT2D eigenvalue weighted by Crippen LogP contribution is 2.46. The fraction of sp³-hybridized carbons (Fsp3) is 0.231. The normalized spacial score (nSPS) is 14.9. The monoisotopic (exact) mass is 432 g/mol. The van der Waals surface area contributed by atoms with Gasteiger partial charge in [0.25, 0.3) is 0 Å². The molecular formula is C26H24O6. The number of carbonyl (C=O) groups is 2. The van der Waals surface area contributed by atoms with Crippen molar-refractivity contribution in [2.45, 2.75) is 25.7 Å². The Labute approximate surface area is 186 Å². The van der Waals surface area contributed by atoms with Crippen molar-refractivity contribution in [3.8, 4) is 23.0 Å². The van der Waals surface area contributed by atoms with E-state index in [1.54, 1.807) is 25.3 Å². The molecule has 1 N–H and O–H groups in total. The summed E-state index contributed by atoms with van der Waals surface area (Å²) < 4.78 is 16.8. The number of ether oxygens (including phenoxy) is 3. The van der Waals surface area contributed by atoms with Gasteiger partial charge in [-0.05, 0) is 42.3 Å². The maximum absolute atomic E-state index is 12.2. The molecule has 0 bridgehead atoms. The number of aromatic hydroxyl groups is 1. The summed E-state index contributed by atoms with van der Waals surface area (Å²) in [6, 6.07) is 18.5. The van der Waals surface area contributed by atoms with Crippen LogP contribution in [-0.4, -0.2) is 30.6 Å². The number of phenolic OH excluding ortho intramolecular Hbond substituents is 1. The van der Waals surface area contributed by atoms with Crippen molar-refractivity contribution in [3.63, 3.8) is 0 Å². The maximum atomic E-state index is 12.2. The molecule has 0 spiro atoms. The molecule has 0 amide bonds. The summed E-state index contributed by atoms with van der Waals surface area (Å²) in [5.41, 5.74) is 2.56. The van der Waals surface area contributed by atoms with Gasteiger partial charge in [-0.1, -0.05) is 36.4 Å². The van der Waals surface area contributed by atoms with Crippen LogP contribution in [0.5, 0.6) is 23.0 Å². The summed E-state index contributed by atoms with van der Waals surface area (Å²) in [6.45, 7) is 1.87. The molecule has 0 saturated carbocycles. The highest BCUT2D eigenvalue weighted by molar-refractivity contribution is 5.98. The summed E-state index contributed by atoms with van der Waals surface area (Å²) in [6.07, 6.45) is 0.800. The summed E-state index contributed by atoms with van der Waals surface area (Å²) in [7, 11) is 1.55. The van der Waals surface area contributed by atoms with Crippen LogP contribution in [0.25, 0.3) is 0 Å². The third kappa shape index (κ3) is 4.30. The van der Waals surface area contributed by atoms with E-state index in [0.717, 1.165) is 12.0 Å². The molecule has 0 fully saturated rings. The lowest BCUT2D eigenvalue weighted by Gasteiger charge is -2.27. The fourth-order valence-corrected chi connectivity index (χ4v) is 3.96. The molecule has 0 aliphatic carbocycles. The van der Waals surface area contributed by atoms with Crippen molar-refractivity contribution in [1.29, 1.82) is 0 Å². The molecule has 3 aromatic carbocycles. The van der Waals surface area contributed by atoms with Gasteiger partial charge in [0.05, 0.1) is 25.7 Å². The van der Waals surface area contributed by atoms with Crippen LogP contribution in [0.3, 0.4) is 0 Å². The van der Waals surface area contributed by atoms with Crippen LogP contribution in [0, 0.1) is 0 Å². The van der Waals surface area contributed by atoms with Crippen LogP contribution in [-0.2, 0) is 11.2 Å². The molecule has 6 nitrogen and oxygen atoms in total. The Morgan fingerprint density at radius 2 is 1.88 bits per heavy atom. The van der Waals surface area contributed by atoms with Crippen LogP contribution in [0.4, 0.5) is 0 Å². The smallest absolute Gasteiger partial charge is 0.312 e. The van der Waals surface area contributed by atoms with Crippen LogP contribution in [0.15, 0.2) is 60.7 Å². The van der Waals surface area contributed by atoms with Crippen molar-refractivity contribution in [1.82, 2.24) is 0 Å². The summed E-state index contributed by atoms with van der Waals surface area (Å²) in [4.78, 5) is 24.1. The van der Waals surface area contributed by atoms with E-state index >= 15 is 0 Å². The number of Topliss-reactive ketones (excluding diaryl/α,β-unsaturated/α-hetero) is 1. The molecule has 1 aliphatic heterocycles. The third-order valence-electron chi connectivity index (χ3n) is 5.58. The zero-order valence-electron chi connectivity index (χ0n) is 18.0. The Kier molecular flexibility index (Phi) is 6.12. The van der Waals surface area contributed by atoms with E-state index in [-0.39, 0.29) is 29.3 Å². The van der Waals surface area contributed by atoms with E-state index in [0.29, 0.717) is 23.7 Å². The molecule has 0 aromatic heterocycles. The molecule has 3 aromatic rings. The molecule has 0 unspecified atom stereocenters. The topological polar surface area (TPSA) is 82.1 Å². The molecule has 4 rings (SSSR count). The number of methoxy groups -OCH3 is 1. The average Bonchev–Trinajstić information content (AvgIpc) is 2.79. The van der Waals surface area contributed by atoms with Gasteiger partial charge in [-0.15, -0.1) is 0 Å². The van der Waals surface area contributed by atoms with Gasteiger partial charge in [0.2, 0.25) is 0 Å². The maximum Gasteiger partial charge on any atom is 0.312 e. The van der Waals surface area contributed by atoms with E-state index in [4.69, 9.17) is 14.2 Å². The molecule has 1 heterocycles. The minimum atomic E-state index is -0.474.